The third-order valence-corrected chi connectivity index (χ3v) is 6.78. The van der Waals surface area contributed by atoms with Crippen LogP contribution in [0.5, 0.6) is 0 Å². The molecule has 1 aliphatic heterocycles. The van der Waals surface area contributed by atoms with Gasteiger partial charge in [-0.15, -0.1) is 0 Å². The number of benzene rings is 2. The molecule has 0 bridgehead atoms. The highest BCUT2D eigenvalue weighted by Crippen LogP contribution is 2.50. The number of halogens is 3. The number of amides is 3. The molecular weight excluding hydrogens is 463 g/mol. The summed E-state index contributed by atoms with van der Waals surface area (Å²) in [5.74, 6) is -0.327. The van der Waals surface area contributed by atoms with Crippen LogP contribution in [0.15, 0.2) is 77.8 Å². The van der Waals surface area contributed by atoms with Gasteiger partial charge in [-0.25, -0.2) is 9.69 Å². The number of pyridine rings is 1. The molecule has 0 radical (unpaired) electrons. The number of carbonyl (C=O) groups is 2. The Bertz CT molecular complexity index is 1230. The van der Waals surface area contributed by atoms with E-state index in [0.717, 1.165) is 21.7 Å². The Labute approximate surface area is 198 Å². The third-order valence-electron chi connectivity index (χ3n) is 6.04. The summed E-state index contributed by atoms with van der Waals surface area (Å²) in [6.07, 6.45) is 3.49. The summed E-state index contributed by atoms with van der Waals surface area (Å²) in [5.41, 5.74) is -2.15. The van der Waals surface area contributed by atoms with Crippen LogP contribution in [0.2, 0.25) is 0 Å². The van der Waals surface area contributed by atoms with Crippen molar-refractivity contribution in [2.24, 2.45) is 0 Å². The van der Waals surface area contributed by atoms with Gasteiger partial charge in [-0.05, 0) is 72.1 Å². The van der Waals surface area contributed by atoms with E-state index in [0.29, 0.717) is 19.3 Å². The third kappa shape index (κ3) is 4.40. The number of urea groups is 1. The molecule has 2 aromatic carbocycles. The lowest BCUT2D eigenvalue weighted by atomic mass is 10.1. The van der Waals surface area contributed by atoms with Crippen LogP contribution in [-0.4, -0.2) is 32.9 Å². The molecule has 34 heavy (non-hydrogen) atoms. The highest BCUT2D eigenvalue weighted by Gasteiger charge is 2.65. The first kappa shape index (κ1) is 22.5. The molecule has 1 aromatic heterocycles. The Morgan fingerprint density at radius 1 is 0.941 bits per heavy atom. The summed E-state index contributed by atoms with van der Waals surface area (Å²) < 4.78 is 37.9. The van der Waals surface area contributed by atoms with E-state index in [4.69, 9.17) is 0 Å². The summed E-state index contributed by atoms with van der Waals surface area (Å²) >= 11 is -0.235. The fourth-order valence-electron chi connectivity index (χ4n) is 4.27. The van der Waals surface area contributed by atoms with Gasteiger partial charge in [0.1, 0.15) is 5.54 Å². The van der Waals surface area contributed by atoms with Crippen molar-refractivity contribution in [2.75, 3.05) is 4.90 Å². The van der Waals surface area contributed by atoms with Gasteiger partial charge in [0, 0.05) is 29.8 Å². The lowest BCUT2D eigenvalue weighted by molar-refractivity contribution is -0.120. The van der Waals surface area contributed by atoms with Gasteiger partial charge in [0.15, 0.2) is 0 Å². The molecule has 0 unspecified atom stereocenters. The van der Waals surface area contributed by atoms with Crippen molar-refractivity contribution in [2.45, 2.75) is 41.7 Å². The maximum absolute atomic E-state index is 13.3. The second kappa shape index (κ2) is 8.47. The number of rotatable bonds is 6. The number of alkyl halides is 3. The molecule has 174 valence electrons. The number of aromatic nitrogens is 1. The number of thioether (sulfide) groups is 1. The molecule has 9 heteroatoms. The number of nitrogens with zero attached hydrogens (tertiary/aromatic N) is 3. The molecule has 2 aliphatic rings. The highest BCUT2D eigenvalue weighted by atomic mass is 32.2. The summed E-state index contributed by atoms with van der Waals surface area (Å²) in [6.45, 7) is 0.257. The minimum absolute atomic E-state index is 0.00364. The first-order valence-corrected chi connectivity index (χ1v) is 11.6. The fraction of sp³-hybridized carbons (Fsp3) is 0.240. The van der Waals surface area contributed by atoms with Gasteiger partial charge in [0.05, 0.1) is 5.69 Å². The predicted molar refractivity (Wildman–Crippen MR) is 122 cm³/mol. The Morgan fingerprint density at radius 3 is 2.29 bits per heavy atom. The Kier molecular flexibility index (Phi) is 5.59. The van der Waals surface area contributed by atoms with Crippen molar-refractivity contribution in [3.05, 3.63) is 89.7 Å². The van der Waals surface area contributed by atoms with E-state index >= 15 is 0 Å². The summed E-state index contributed by atoms with van der Waals surface area (Å²) in [6, 6.07) is 18.5. The molecule has 3 amide bonds. The van der Waals surface area contributed by atoms with Gasteiger partial charge in [0.2, 0.25) is 0 Å². The zero-order chi connectivity index (χ0) is 23.9. The summed E-state index contributed by atoms with van der Waals surface area (Å²) in [4.78, 5) is 33.6. The monoisotopic (exact) mass is 483 g/mol. The van der Waals surface area contributed by atoms with Crippen molar-refractivity contribution in [1.29, 1.82) is 0 Å². The fourth-order valence-corrected chi connectivity index (χ4v) is 4.81. The van der Waals surface area contributed by atoms with Gasteiger partial charge in [-0.1, -0.05) is 30.3 Å². The maximum atomic E-state index is 13.3. The lowest BCUT2D eigenvalue weighted by Gasteiger charge is -2.21. The number of hydrogen-bond donors (Lipinski definition) is 0. The standard InChI is InChI=1S/C25H20F3N3O2S/c26-25(27,28)34-21-8-6-20(7-9-21)31-22(32)24(11-12-24)30(23(31)33)16-18-10-13-29-19(15-18)14-17-4-2-1-3-5-17/h1-10,13,15H,11-12,14,16H2. The number of imide groups is 1. The van der Waals surface area contributed by atoms with Crippen LogP contribution in [0.1, 0.15) is 29.7 Å². The van der Waals surface area contributed by atoms with E-state index < -0.39 is 17.1 Å². The van der Waals surface area contributed by atoms with E-state index in [-0.39, 0.29) is 34.8 Å². The van der Waals surface area contributed by atoms with Gasteiger partial charge in [-0.2, -0.15) is 13.2 Å². The average Bonchev–Trinajstić information content (AvgIpc) is 3.57. The average molecular weight is 484 g/mol. The quantitative estimate of drug-likeness (QED) is 0.329. The molecular formula is C25H20F3N3O2S. The van der Waals surface area contributed by atoms with E-state index in [9.17, 15) is 22.8 Å². The first-order chi connectivity index (χ1) is 16.2. The molecule has 2 heterocycles. The molecule has 5 rings (SSSR count). The molecule has 5 nitrogen and oxygen atoms in total. The van der Waals surface area contributed by atoms with Crippen LogP contribution < -0.4 is 4.90 Å². The van der Waals surface area contributed by atoms with E-state index in [1.165, 1.54) is 24.3 Å². The largest absolute Gasteiger partial charge is 0.446 e. The smallest absolute Gasteiger partial charge is 0.305 e. The van der Waals surface area contributed by atoms with Gasteiger partial charge in [0.25, 0.3) is 5.91 Å². The summed E-state index contributed by atoms with van der Waals surface area (Å²) in [7, 11) is 0. The molecule has 1 aliphatic carbocycles. The molecule has 0 N–H and O–H groups in total. The van der Waals surface area contributed by atoms with Crippen molar-refractivity contribution in [3.63, 3.8) is 0 Å². The van der Waals surface area contributed by atoms with Gasteiger partial charge in [-0.3, -0.25) is 9.78 Å². The minimum Gasteiger partial charge on any atom is -0.305 e. The van der Waals surface area contributed by atoms with Crippen LogP contribution in [0.4, 0.5) is 23.7 Å². The SMILES string of the molecule is O=C1N(c2ccc(SC(F)(F)F)cc2)C(=O)C2(CC2)N1Cc1ccnc(Cc2ccccc2)c1. The van der Waals surface area contributed by atoms with Crippen LogP contribution in [0.25, 0.3) is 0 Å². The topological polar surface area (TPSA) is 53.5 Å². The second-order valence-electron chi connectivity index (χ2n) is 8.40. The Morgan fingerprint density at radius 2 is 1.65 bits per heavy atom. The van der Waals surface area contributed by atoms with E-state index in [1.807, 2.05) is 42.5 Å². The highest BCUT2D eigenvalue weighted by molar-refractivity contribution is 8.00. The lowest BCUT2D eigenvalue weighted by Crippen LogP contribution is -2.36. The summed E-state index contributed by atoms with van der Waals surface area (Å²) in [5, 5.41) is 0. The molecule has 0 atom stereocenters. The van der Waals surface area contributed by atoms with Crippen molar-refractivity contribution in [3.8, 4) is 0 Å². The maximum Gasteiger partial charge on any atom is 0.446 e. The Balaban J connectivity index is 1.35. The molecule has 1 saturated heterocycles. The van der Waals surface area contributed by atoms with Gasteiger partial charge >= 0.3 is 11.5 Å². The number of hydrogen-bond acceptors (Lipinski definition) is 4. The van der Waals surface area contributed by atoms with Crippen LogP contribution >= 0.6 is 11.8 Å². The van der Waals surface area contributed by atoms with Crippen molar-refractivity contribution < 1.29 is 22.8 Å². The zero-order valence-corrected chi connectivity index (χ0v) is 18.8. The van der Waals surface area contributed by atoms with E-state index in [2.05, 4.69) is 4.98 Å². The normalized spacial score (nSPS) is 17.0. The molecule has 1 spiro atoms. The molecule has 3 aromatic rings. The van der Waals surface area contributed by atoms with E-state index in [1.54, 1.807) is 11.1 Å². The van der Waals surface area contributed by atoms with Gasteiger partial charge < -0.3 is 4.90 Å². The Hall–Kier alpha value is -3.33. The van der Waals surface area contributed by atoms with Crippen molar-refractivity contribution >= 4 is 29.4 Å². The minimum atomic E-state index is -4.40. The number of anilines is 1. The predicted octanol–water partition coefficient (Wildman–Crippen LogP) is 5.79. The zero-order valence-electron chi connectivity index (χ0n) is 18.0. The van der Waals surface area contributed by atoms with Crippen LogP contribution in [0.3, 0.4) is 0 Å². The van der Waals surface area contributed by atoms with Crippen LogP contribution in [-0.2, 0) is 17.8 Å². The molecule has 2 fully saturated rings. The van der Waals surface area contributed by atoms with Crippen LogP contribution in [0, 0.1) is 0 Å². The first-order valence-electron chi connectivity index (χ1n) is 10.7. The van der Waals surface area contributed by atoms with Crippen molar-refractivity contribution in [1.82, 2.24) is 9.88 Å². The molecule has 1 saturated carbocycles. The number of carbonyl (C=O) groups excluding carboxylic acids is 2. The second-order valence-corrected chi connectivity index (χ2v) is 9.54.